The van der Waals surface area contributed by atoms with E-state index in [0.29, 0.717) is 11.5 Å². The van der Waals surface area contributed by atoms with E-state index in [9.17, 15) is 14.4 Å². The molecular weight excluding hydrogens is 376 g/mol. The Balaban J connectivity index is 1.92. The van der Waals surface area contributed by atoms with Gasteiger partial charge in [0.2, 0.25) is 5.91 Å². The first kappa shape index (κ1) is 18.2. The number of carbonyl (C=O) groups excluding carboxylic acids is 2. The molecule has 2 heterocycles. The molecule has 1 aliphatic heterocycles. The number of hydrogen-bond donors (Lipinski definition) is 0. The standard InChI is InChI=1S/C21H18N2O4S/c1-27-18(25)13-22-20-19(28-21(22)26)16(14-8-4-2-5-9-14)12-17(24)23(20)15-10-6-3-7-11-15/h2-11,16H,12-13H2,1H3/t16-/m1/s1. The molecule has 0 bridgehead atoms. The molecule has 6 nitrogen and oxygen atoms in total. The average molecular weight is 394 g/mol. The molecule has 4 rings (SSSR count). The predicted molar refractivity (Wildman–Crippen MR) is 107 cm³/mol. The predicted octanol–water partition coefficient (Wildman–Crippen LogP) is 3.28. The van der Waals surface area contributed by atoms with Crippen LogP contribution in [0.3, 0.4) is 0 Å². The number of amides is 1. The molecule has 1 amide bonds. The number of rotatable bonds is 4. The fourth-order valence-electron chi connectivity index (χ4n) is 3.48. The van der Waals surface area contributed by atoms with Crippen LogP contribution >= 0.6 is 11.3 Å². The highest BCUT2D eigenvalue weighted by Crippen LogP contribution is 2.44. The number of ether oxygens (including phenoxy) is 1. The van der Waals surface area contributed by atoms with Gasteiger partial charge in [0.15, 0.2) is 0 Å². The van der Waals surface area contributed by atoms with Crippen LogP contribution in [-0.4, -0.2) is 23.6 Å². The summed E-state index contributed by atoms with van der Waals surface area (Å²) in [4.78, 5) is 39.9. The molecule has 1 aromatic heterocycles. The molecule has 1 atom stereocenters. The minimum absolute atomic E-state index is 0.121. The van der Waals surface area contributed by atoms with E-state index in [-0.39, 0.29) is 29.7 Å². The van der Waals surface area contributed by atoms with Crippen molar-refractivity contribution in [3.05, 3.63) is 80.8 Å². The van der Waals surface area contributed by atoms with Crippen molar-refractivity contribution in [1.82, 2.24) is 4.57 Å². The molecule has 0 spiro atoms. The van der Waals surface area contributed by atoms with Crippen LogP contribution in [0, 0.1) is 0 Å². The Morgan fingerprint density at radius 2 is 1.71 bits per heavy atom. The second-order valence-electron chi connectivity index (χ2n) is 6.45. The second kappa shape index (κ2) is 7.44. The third kappa shape index (κ3) is 3.14. The first-order valence-electron chi connectivity index (χ1n) is 8.83. The zero-order valence-corrected chi connectivity index (χ0v) is 16.0. The number of thiazole rings is 1. The van der Waals surface area contributed by atoms with E-state index in [1.54, 1.807) is 0 Å². The van der Waals surface area contributed by atoms with Crippen LogP contribution in [0.5, 0.6) is 0 Å². The molecule has 142 valence electrons. The molecule has 0 radical (unpaired) electrons. The minimum atomic E-state index is -0.537. The van der Waals surface area contributed by atoms with Crippen molar-refractivity contribution in [2.75, 3.05) is 12.0 Å². The molecule has 0 saturated carbocycles. The quantitative estimate of drug-likeness (QED) is 0.637. The van der Waals surface area contributed by atoms with E-state index < -0.39 is 5.97 Å². The van der Waals surface area contributed by atoms with Crippen molar-refractivity contribution in [3.63, 3.8) is 0 Å². The smallest absolute Gasteiger partial charge is 0.325 e. The summed E-state index contributed by atoms with van der Waals surface area (Å²) in [5.74, 6) is -0.425. The van der Waals surface area contributed by atoms with Gasteiger partial charge in [-0.3, -0.25) is 23.9 Å². The van der Waals surface area contributed by atoms with E-state index >= 15 is 0 Å². The highest BCUT2D eigenvalue weighted by molar-refractivity contribution is 7.10. The molecule has 1 aliphatic rings. The van der Waals surface area contributed by atoms with Gasteiger partial charge in [0, 0.05) is 12.3 Å². The largest absolute Gasteiger partial charge is 0.468 e. The van der Waals surface area contributed by atoms with Crippen LogP contribution in [0.2, 0.25) is 0 Å². The van der Waals surface area contributed by atoms with E-state index in [0.717, 1.165) is 21.8 Å². The lowest BCUT2D eigenvalue weighted by Crippen LogP contribution is -2.36. The lowest BCUT2D eigenvalue weighted by Gasteiger charge is -2.32. The second-order valence-corrected chi connectivity index (χ2v) is 7.44. The van der Waals surface area contributed by atoms with Gasteiger partial charge in [-0.25, -0.2) is 0 Å². The molecular formula is C21H18N2O4S. The number of nitrogens with zero attached hydrogens (tertiary/aromatic N) is 2. The van der Waals surface area contributed by atoms with Gasteiger partial charge < -0.3 is 4.74 Å². The normalized spacial score (nSPS) is 16.0. The number of para-hydroxylation sites is 1. The van der Waals surface area contributed by atoms with Crippen molar-refractivity contribution in [3.8, 4) is 0 Å². The highest BCUT2D eigenvalue weighted by atomic mass is 32.1. The summed E-state index contributed by atoms with van der Waals surface area (Å²) in [5.41, 5.74) is 1.63. The Labute approximate surface area is 165 Å². The average Bonchev–Trinajstić information content (AvgIpc) is 3.04. The zero-order chi connectivity index (χ0) is 19.7. The number of carbonyl (C=O) groups is 2. The third-order valence-electron chi connectivity index (χ3n) is 4.78. The maximum atomic E-state index is 13.2. The molecule has 0 unspecified atom stereocenters. The number of methoxy groups -OCH3 is 1. The lowest BCUT2D eigenvalue weighted by molar-refractivity contribution is -0.141. The first-order chi connectivity index (χ1) is 13.6. The van der Waals surface area contributed by atoms with Gasteiger partial charge in [0.25, 0.3) is 0 Å². The van der Waals surface area contributed by atoms with Gasteiger partial charge in [0.05, 0.1) is 17.7 Å². The van der Waals surface area contributed by atoms with Crippen molar-refractivity contribution in [2.45, 2.75) is 18.9 Å². The summed E-state index contributed by atoms with van der Waals surface area (Å²) >= 11 is 1.08. The van der Waals surface area contributed by atoms with Gasteiger partial charge in [0.1, 0.15) is 12.4 Å². The summed E-state index contributed by atoms with van der Waals surface area (Å²) in [6, 6.07) is 18.8. The maximum absolute atomic E-state index is 13.2. The molecule has 28 heavy (non-hydrogen) atoms. The Bertz CT molecular complexity index is 1070. The number of esters is 1. The zero-order valence-electron chi connectivity index (χ0n) is 15.2. The molecule has 0 fully saturated rings. The Morgan fingerprint density at radius 3 is 2.36 bits per heavy atom. The van der Waals surface area contributed by atoms with Crippen LogP contribution in [0.4, 0.5) is 11.5 Å². The van der Waals surface area contributed by atoms with Crippen molar-refractivity contribution >= 4 is 34.7 Å². The van der Waals surface area contributed by atoms with Crippen LogP contribution in [0.15, 0.2) is 65.5 Å². The van der Waals surface area contributed by atoms with E-state index in [1.165, 1.54) is 16.6 Å². The number of aromatic nitrogens is 1. The van der Waals surface area contributed by atoms with Crippen molar-refractivity contribution in [2.24, 2.45) is 0 Å². The monoisotopic (exact) mass is 394 g/mol. The van der Waals surface area contributed by atoms with Crippen LogP contribution in [0.25, 0.3) is 0 Å². The van der Waals surface area contributed by atoms with Gasteiger partial charge >= 0.3 is 10.8 Å². The van der Waals surface area contributed by atoms with Gasteiger partial charge in [-0.1, -0.05) is 59.9 Å². The fraction of sp³-hybridized carbons (Fsp3) is 0.190. The van der Waals surface area contributed by atoms with Crippen molar-refractivity contribution in [1.29, 1.82) is 0 Å². The third-order valence-corrected chi connectivity index (χ3v) is 5.86. The van der Waals surface area contributed by atoms with Crippen LogP contribution in [-0.2, 0) is 20.9 Å². The van der Waals surface area contributed by atoms with Crippen molar-refractivity contribution < 1.29 is 14.3 Å². The number of fused-ring (bicyclic) bond motifs is 1. The molecule has 2 aromatic carbocycles. The van der Waals surface area contributed by atoms with Gasteiger partial charge in [-0.2, -0.15) is 0 Å². The topological polar surface area (TPSA) is 68.6 Å². The lowest BCUT2D eigenvalue weighted by atomic mass is 9.90. The van der Waals surface area contributed by atoms with E-state index in [4.69, 9.17) is 4.74 Å². The summed E-state index contributed by atoms with van der Waals surface area (Å²) in [5, 5.41) is 0. The summed E-state index contributed by atoms with van der Waals surface area (Å²) < 4.78 is 6.09. The molecule has 3 aromatic rings. The minimum Gasteiger partial charge on any atom is -0.468 e. The van der Waals surface area contributed by atoms with E-state index in [2.05, 4.69) is 0 Å². The Hall–Kier alpha value is -3.19. The van der Waals surface area contributed by atoms with Gasteiger partial charge in [-0.15, -0.1) is 0 Å². The van der Waals surface area contributed by atoms with Gasteiger partial charge in [-0.05, 0) is 17.7 Å². The van der Waals surface area contributed by atoms with E-state index in [1.807, 2.05) is 60.7 Å². The first-order valence-corrected chi connectivity index (χ1v) is 9.65. The van der Waals surface area contributed by atoms with Crippen LogP contribution in [0.1, 0.15) is 22.8 Å². The number of anilines is 2. The Kier molecular flexibility index (Phi) is 4.83. The highest BCUT2D eigenvalue weighted by Gasteiger charge is 2.38. The number of hydrogen-bond acceptors (Lipinski definition) is 5. The maximum Gasteiger partial charge on any atom is 0.325 e. The summed E-state index contributed by atoms with van der Waals surface area (Å²) in [6.45, 7) is -0.237. The molecule has 7 heteroatoms. The number of benzene rings is 2. The summed E-state index contributed by atoms with van der Waals surface area (Å²) in [6.07, 6.45) is 0.254. The molecule has 0 N–H and O–H groups in total. The summed E-state index contributed by atoms with van der Waals surface area (Å²) in [7, 11) is 1.28. The van der Waals surface area contributed by atoms with Crippen LogP contribution < -0.4 is 9.77 Å². The fourth-order valence-corrected chi connectivity index (χ4v) is 4.58. The molecule has 0 saturated heterocycles. The SMILES string of the molecule is COC(=O)Cn1c2c(sc1=O)[C@@H](c1ccccc1)CC(=O)N2c1ccccc1. The molecule has 0 aliphatic carbocycles. The Morgan fingerprint density at radius 1 is 1.07 bits per heavy atom.